The molecule has 0 spiro atoms. The van der Waals surface area contributed by atoms with Crippen LogP contribution in [-0.4, -0.2) is 61.1 Å². The second kappa shape index (κ2) is 10.6. The largest absolute Gasteiger partial charge is 0.480 e. The third-order valence-electron chi connectivity index (χ3n) is 6.36. The lowest BCUT2D eigenvalue weighted by Gasteiger charge is -2.30. The molecule has 7 nitrogen and oxygen atoms in total. The normalized spacial score (nSPS) is 15.1. The van der Waals surface area contributed by atoms with Gasteiger partial charge in [-0.05, 0) is 38.0 Å². The molecule has 1 saturated carbocycles. The van der Waals surface area contributed by atoms with Gasteiger partial charge >= 0.3 is 24.0 Å². The van der Waals surface area contributed by atoms with Crippen LogP contribution in [0.4, 0.5) is 30.7 Å². The van der Waals surface area contributed by atoms with Crippen molar-refractivity contribution in [2.24, 2.45) is 0 Å². The number of hydrogen-bond acceptors (Lipinski definition) is 4. The highest BCUT2D eigenvalue weighted by molar-refractivity contribution is 6.38. The van der Waals surface area contributed by atoms with Gasteiger partial charge < -0.3 is 10.0 Å². The zero-order chi connectivity index (χ0) is 30.7. The van der Waals surface area contributed by atoms with Crippen LogP contribution in [0.25, 0.3) is 16.8 Å². The number of carboxylic acids is 1. The smallest absolute Gasteiger partial charge is 0.435 e. The number of carboxylic acid groups (broad SMARTS) is 1. The van der Waals surface area contributed by atoms with Crippen molar-refractivity contribution in [3.05, 3.63) is 63.1 Å². The van der Waals surface area contributed by atoms with E-state index in [0.717, 1.165) is 4.68 Å². The Morgan fingerprint density at radius 2 is 1.54 bits per heavy atom. The summed E-state index contributed by atoms with van der Waals surface area (Å²) in [6.07, 6.45) is -7.85. The van der Waals surface area contributed by atoms with Crippen LogP contribution in [0.3, 0.4) is 0 Å². The van der Waals surface area contributed by atoms with E-state index < -0.39 is 51.5 Å². The van der Waals surface area contributed by atoms with E-state index in [1.54, 1.807) is 0 Å². The first kappa shape index (κ1) is 30.8. The Labute approximate surface area is 241 Å². The Morgan fingerprint density at radius 3 is 2.02 bits per heavy atom. The molecule has 0 radical (unpaired) electrons. The number of carbonyl (C=O) groups is 2. The Kier molecular flexibility index (Phi) is 8.00. The van der Waals surface area contributed by atoms with Crippen molar-refractivity contribution in [1.29, 1.82) is 0 Å². The van der Waals surface area contributed by atoms with Crippen LogP contribution in [0.2, 0.25) is 15.2 Å². The molecule has 17 heteroatoms. The molecule has 1 aromatic carbocycles. The summed E-state index contributed by atoms with van der Waals surface area (Å²) in [6.45, 7) is 1.35. The summed E-state index contributed by atoms with van der Waals surface area (Å²) >= 11 is 18.1. The van der Waals surface area contributed by atoms with E-state index >= 15 is 0 Å². The second-order valence-electron chi connectivity index (χ2n) is 9.14. The molecule has 2 heterocycles. The van der Waals surface area contributed by atoms with Crippen molar-refractivity contribution in [2.75, 3.05) is 0 Å². The van der Waals surface area contributed by atoms with Crippen LogP contribution < -0.4 is 0 Å². The van der Waals surface area contributed by atoms with E-state index in [4.69, 9.17) is 34.8 Å². The van der Waals surface area contributed by atoms with Crippen molar-refractivity contribution < 1.29 is 45.4 Å². The Balaban J connectivity index is 1.72. The monoisotopic (exact) mass is 646 g/mol. The molecule has 4 rings (SSSR count). The molecule has 1 aliphatic rings. The number of pyridine rings is 1. The van der Waals surface area contributed by atoms with Gasteiger partial charge in [0.05, 0.1) is 21.8 Å². The summed E-state index contributed by atoms with van der Waals surface area (Å²) in [4.78, 5) is 29.9. The van der Waals surface area contributed by atoms with Crippen LogP contribution in [0.15, 0.2) is 36.8 Å². The number of nitrogens with zero attached hydrogens (tertiary/aromatic N) is 4. The summed E-state index contributed by atoms with van der Waals surface area (Å²) in [6, 6.07) is 0.187. The maximum atomic E-state index is 14.5. The predicted molar refractivity (Wildman–Crippen MR) is 133 cm³/mol. The SMILES string of the molecule is CC(C(=O)O)N(C(=O)c1cc(-c2cnn(-c3c(Cl)cc(C(F)(C(F)(F)F)C(F)(F)F)cc3Cl)c2)cnc1Cl)C1CC1. The number of aliphatic carboxylic acids is 1. The van der Waals surface area contributed by atoms with E-state index in [2.05, 4.69) is 10.1 Å². The van der Waals surface area contributed by atoms with Crippen molar-refractivity contribution in [3.63, 3.8) is 0 Å². The zero-order valence-electron chi connectivity index (χ0n) is 20.4. The molecule has 220 valence electrons. The molecule has 2 aromatic heterocycles. The third-order valence-corrected chi connectivity index (χ3v) is 7.24. The van der Waals surface area contributed by atoms with Gasteiger partial charge in [0.25, 0.3) is 5.91 Å². The van der Waals surface area contributed by atoms with Crippen molar-refractivity contribution in [2.45, 2.75) is 49.9 Å². The number of halogens is 10. The summed E-state index contributed by atoms with van der Waals surface area (Å²) < 4.78 is 94.6. The van der Waals surface area contributed by atoms with Gasteiger partial charge in [-0.3, -0.25) is 4.79 Å². The number of amides is 1. The Hall–Kier alpha value is -3.10. The van der Waals surface area contributed by atoms with E-state index in [0.29, 0.717) is 12.8 Å². The first-order valence-electron chi connectivity index (χ1n) is 11.5. The fourth-order valence-electron chi connectivity index (χ4n) is 4.09. The molecule has 1 unspecified atom stereocenters. The van der Waals surface area contributed by atoms with E-state index in [1.165, 1.54) is 36.5 Å². The fourth-order valence-corrected chi connectivity index (χ4v) is 4.93. The van der Waals surface area contributed by atoms with E-state index in [9.17, 15) is 45.4 Å². The number of benzene rings is 1. The van der Waals surface area contributed by atoms with Crippen molar-refractivity contribution in [3.8, 4) is 16.8 Å². The minimum Gasteiger partial charge on any atom is -0.480 e. The van der Waals surface area contributed by atoms with Crippen LogP contribution in [0, 0.1) is 0 Å². The highest BCUT2D eigenvalue weighted by Crippen LogP contribution is 2.54. The van der Waals surface area contributed by atoms with Crippen LogP contribution >= 0.6 is 34.8 Å². The average Bonchev–Trinajstić information content (AvgIpc) is 3.57. The summed E-state index contributed by atoms with van der Waals surface area (Å²) in [5.74, 6) is -1.90. The molecular formula is C24H16Cl3F7N4O3. The lowest BCUT2D eigenvalue weighted by atomic mass is 9.94. The fraction of sp³-hybridized carbons (Fsp3) is 0.333. The molecule has 1 fully saturated rings. The van der Waals surface area contributed by atoms with Gasteiger partial charge in [-0.25, -0.2) is 18.9 Å². The van der Waals surface area contributed by atoms with Crippen LogP contribution in [0.5, 0.6) is 0 Å². The maximum absolute atomic E-state index is 14.5. The minimum atomic E-state index is -6.37. The molecule has 0 aliphatic heterocycles. The quantitative estimate of drug-likeness (QED) is 0.216. The first-order valence-corrected chi connectivity index (χ1v) is 12.6. The standard InChI is InChI=1S/C24H16Cl3F7N4O3/c1-10(21(40)41)38(14-2-3-14)20(39)15-4-11(7-35-19(15)27)12-8-36-37(9-12)18-16(25)5-13(6-17(18)26)22(28,23(29,30)31)24(32,33)34/h4-10,14H,2-3H2,1H3,(H,40,41). The summed E-state index contributed by atoms with van der Waals surface area (Å²) in [5, 5.41) is 11.6. The molecule has 3 aromatic rings. The Morgan fingerprint density at radius 1 is 0.976 bits per heavy atom. The van der Waals surface area contributed by atoms with Crippen LogP contribution in [0.1, 0.15) is 35.7 Å². The van der Waals surface area contributed by atoms with Gasteiger partial charge in [-0.1, -0.05) is 34.8 Å². The molecule has 41 heavy (non-hydrogen) atoms. The number of rotatable bonds is 7. The second-order valence-corrected chi connectivity index (χ2v) is 10.3. The average molecular weight is 648 g/mol. The van der Waals surface area contributed by atoms with Crippen molar-refractivity contribution in [1.82, 2.24) is 19.7 Å². The Bertz CT molecular complexity index is 1490. The number of hydrogen-bond donors (Lipinski definition) is 1. The lowest BCUT2D eigenvalue weighted by Crippen LogP contribution is -2.50. The van der Waals surface area contributed by atoms with Gasteiger partial charge in [-0.15, -0.1) is 0 Å². The highest BCUT2D eigenvalue weighted by atomic mass is 35.5. The molecule has 1 aliphatic carbocycles. The maximum Gasteiger partial charge on any atom is 0.435 e. The summed E-state index contributed by atoms with van der Waals surface area (Å²) in [7, 11) is 0. The van der Waals surface area contributed by atoms with Crippen molar-refractivity contribution >= 4 is 46.7 Å². The van der Waals surface area contributed by atoms with E-state index in [1.807, 2.05) is 0 Å². The van der Waals surface area contributed by atoms with Gasteiger partial charge in [0.15, 0.2) is 0 Å². The third kappa shape index (κ3) is 5.56. The predicted octanol–water partition coefficient (Wildman–Crippen LogP) is 7.26. The minimum absolute atomic E-state index is 0.115. The van der Waals surface area contributed by atoms with Gasteiger partial charge in [0.1, 0.15) is 16.9 Å². The number of alkyl halides is 7. The van der Waals surface area contributed by atoms with Gasteiger partial charge in [0.2, 0.25) is 0 Å². The number of aromatic nitrogens is 3. The first-order chi connectivity index (χ1) is 18.9. The molecule has 1 N–H and O–H groups in total. The molecule has 1 amide bonds. The van der Waals surface area contributed by atoms with E-state index in [-0.39, 0.29) is 45.7 Å². The van der Waals surface area contributed by atoms with Gasteiger partial charge in [-0.2, -0.15) is 31.4 Å². The van der Waals surface area contributed by atoms with Gasteiger partial charge in [0, 0.05) is 35.1 Å². The van der Waals surface area contributed by atoms with Crippen LogP contribution in [-0.2, 0) is 10.5 Å². The molecule has 0 bridgehead atoms. The molecule has 1 atom stereocenters. The highest BCUT2D eigenvalue weighted by Gasteiger charge is 2.73. The topological polar surface area (TPSA) is 88.3 Å². The molecule has 0 saturated heterocycles. The number of carbonyl (C=O) groups excluding carboxylic acids is 1. The summed E-state index contributed by atoms with van der Waals surface area (Å²) in [5.41, 5.74) is -7.62. The molecular weight excluding hydrogens is 632 g/mol. The lowest BCUT2D eigenvalue weighted by molar-refractivity contribution is -0.348. The zero-order valence-corrected chi connectivity index (χ0v) is 22.6.